The number of nitrogens with one attached hydrogen (secondary N) is 2. The topological polar surface area (TPSA) is 75.5 Å². The lowest BCUT2D eigenvalue weighted by Gasteiger charge is -2.08. The van der Waals surface area contributed by atoms with E-state index in [1.165, 1.54) is 34.9 Å². The molecule has 0 aliphatic rings. The van der Waals surface area contributed by atoms with Gasteiger partial charge in [0.05, 0.1) is 12.7 Å². The lowest BCUT2D eigenvalue weighted by Crippen LogP contribution is -2.26. The van der Waals surface area contributed by atoms with E-state index in [-0.39, 0.29) is 29.5 Å². The van der Waals surface area contributed by atoms with E-state index < -0.39 is 0 Å². The zero-order chi connectivity index (χ0) is 16.2. The molecule has 0 atom stereocenters. The third-order valence-corrected chi connectivity index (χ3v) is 3.18. The van der Waals surface area contributed by atoms with Crippen molar-refractivity contribution >= 4 is 22.9 Å². The Morgan fingerprint density at radius 1 is 1.17 bits per heavy atom. The molecule has 2 N–H and O–H groups in total. The SMILES string of the molecule is O=C(CNc1cnc2ccccn2c1=O)Nc1ccc(F)cc1. The Kier molecular flexibility index (Phi) is 4.01. The van der Waals surface area contributed by atoms with E-state index in [0.29, 0.717) is 11.3 Å². The smallest absolute Gasteiger partial charge is 0.281 e. The number of nitrogens with zero attached hydrogens (tertiary/aromatic N) is 2. The maximum absolute atomic E-state index is 12.8. The van der Waals surface area contributed by atoms with E-state index in [2.05, 4.69) is 15.6 Å². The normalized spacial score (nSPS) is 10.5. The number of halogens is 1. The minimum absolute atomic E-state index is 0.104. The maximum Gasteiger partial charge on any atom is 0.281 e. The van der Waals surface area contributed by atoms with Crippen LogP contribution in [0.15, 0.2) is 59.7 Å². The van der Waals surface area contributed by atoms with Crippen LogP contribution in [0.5, 0.6) is 0 Å². The fourth-order valence-corrected chi connectivity index (χ4v) is 2.06. The van der Waals surface area contributed by atoms with E-state index in [4.69, 9.17) is 0 Å². The Hall–Kier alpha value is -3.22. The van der Waals surface area contributed by atoms with Crippen LogP contribution < -0.4 is 16.2 Å². The van der Waals surface area contributed by atoms with Gasteiger partial charge in [-0.25, -0.2) is 9.37 Å². The minimum atomic E-state index is -0.378. The second-order valence-corrected chi connectivity index (χ2v) is 4.81. The summed E-state index contributed by atoms with van der Waals surface area (Å²) in [5, 5.41) is 5.35. The average molecular weight is 312 g/mol. The molecule has 1 aromatic carbocycles. The first-order valence-electron chi connectivity index (χ1n) is 6.89. The molecule has 0 unspecified atom stereocenters. The van der Waals surface area contributed by atoms with Gasteiger partial charge in [0.1, 0.15) is 17.2 Å². The van der Waals surface area contributed by atoms with Gasteiger partial charge in [0, 0.05) is 11.9 Å². The third-order valence-electron chi connectivity index (χ3n) is 3.18. The summed E-state index contributed by atoms with van der Waals surface area (Å²) >= 11 is 0. The highest BCUT2D eigenvalue weighted by Gasteiger charge is 2.07. The van der Waals surface area contributed by atoms with Crippen molar-refractivity contribution in [2.24, 2.45) is 0 Å². The lowest BCUT2D eigenvalue weighted by atomic mass is 10.3. The van der Waals surface area contributed by atoms with Gasteiger partial charge in [0.2, 0.25) is 5.91 Å². The average Bonchev–Trinajstić information content (AvgIpc) is 2.57. The van der Waals surface area contributed by atoms with Gasteiger partial charge in [-0.2, -0.15) is 0 Å². The number of hydrogen-bond acceptors (Lipinski definition) is 4. The molecule has 116 valence electrons. The standard InChI is InChI=1S/C16H13FN4O2/c17-11-4-6-12(7-5-11)20-15(22)10-18-13-9-19-14-3-1-2-8-21(14)16(13)23/h1-9,18H,10H2,(H,20,22). The molecular weight excluding hydrogens is 299 g/mol. The predicted molar refractivity (Wildman–Crippen MR) is 85.0 cm³/mol. The van der Waals surface area contributed by atoms with Gasteiger partial charge in [0.25, 0.3) is 5.56 Å². The van der Waals surface area contributed by atoms with Crippen LogP contribution in [0.4, 0.5) is 15.8 Å². The van der Waals surface area contributed by atoms with E-state index >= 15 is 0 Å². The number of amides is 1. The van der Waals surface area contributed by atoms with E-state index in [0.717, 1.165) is 0 Å². The van der Waals surface area contributed by atoms with Crippen LogP contribution in [0.2, 0.25) is 0 Å². The van der Waals surface area contributed by atoms with Gasteiger partial charge in [-0.3, -0.25) is 14.0 Å². The van der Waals surface area contributed by atoms with Gasteiger partial charge in [-0.15, -0.1) is 0 Å². The Bertz CT molecular complexity index is 906. The summed E-state index contributed by atoms with van der Waals surface area (Å²) in [5.41, 5.74) is 0.943. The van der Waals surface area contributed by atoms with Gasteiger partial charge in [0.15, 0.2) is 0 Å². The van der Waals surface area contributed by atoms with Gasteiger partial charge >= 0.3 is 0 Å². The number of anilines is 2. The Balaban J connectivity index is 1.68. The van der Waals surface area contributed by atoms with Gasteiger partial charge in [-0.05, 0) is 36.4 Å². The molecule has 23 heavy (non-hydrogen) atoms. The Labute approximate surface area is 130 Å². The number of rotatable bonds is 4. The molecule has 2 aromatic heterocycles. The van der Waals surface area contributed by atoms with Crippen LogP contribution in [0.25, 0.3) is 5.65 Å². The van der Waals surface area contributed by atoms with E-state index in [1.807, 2.05) is 0 Å². The van der Waals surface area contributed by atoms with E-state index in [9.17, 15) is 14.0 Å². The predicted octanol–water partition coefficient (Wildman–Crippen LogP) is 1.88. The highest BCUT2D eigenvalue weighted by Crippen LogP contribution is 2.08. The fourth-order valence-electron chi connectivity index (χ4n) is 2.06. The molecule has 2 heterocycles. The van der Waals surface area contributed by atoms with Gasteiger partial charge in [-0.1, -0.05) is 6.07 Å². The van der Waals surface area contributed by atoms with Crippen LogP contribution in [0.3, 0.4) is 0 Å². The summed E-state index contributed by atoms with van der Waals surface area (Å²) in [4.78, 5) is 28.2. The molecule has 0 radical (unpaired) electrons. The fraction of sp³-hybridized carbons (Fsp3) is 0.0625. The molecule has 0 saturated carbocycles. The van der Waals surface area contributed by atoms with Crippen LogP contribution in [-0.2, 0) is 4.79 Å². The minimum Gasteiger partial charge on any atom is -0.370 e. The Morgan fingerprint density at radius 3 is 2.74 bits per heavy atom. The van der Waals surface area contributed by atoms with Crippen molar-refractivity contribution in [2.75, 3.05) is 17.2 Å². The quantitative estimate of drug-likeness (QED) is 0.771. The molecule has 0 aliphatic carbocycles. The van der Waals surface area contributed by atoms with Crippen molar-refractivity contribution in [3.05, 3.63) is 71.0 Å². The molecule has 0 bridgehead atoms. The van der Waals surface area contributed by atoms with E-state index in [1.54, 1.807) is 24.4 Å². The van der Waals surface area contributed by atoms with Crippen molar-refractivity contribution in [3.63, 3.8) is 0 Å². The Morgan fingerprint density at radius 2 is 1.96 bits per heavy atom. The summed E-state index contributed by atoms with van der Waals surface area (Å²) in [6, 6.07) is 10.6. The molecule has 3 aromatic rings. The summed E-state index contributed by atoms with van der Waals surface area (Å²) in [7, 11) is 0. The first kappa shape index (κ1) is 14.7. The molecule has 3 rings (SSSR count). The zero-order valence-electron chi connectivity index (χ0n) is 12.0. The summed E-state index contributed by atoms with van der Waals surface area (Å²) in [6.45, 7) is -0.104. The number of fused-ring (bicyclic) bond motifs is 1. The van der Waals surface area contributed by atoms with Crippen molar-refractivity contribution < 1.29 is 9.18 Å². The molecular formula is C16H13FN4O2. The highest BCUT2D eigenvalue weighted by molar-refractivity contribution is 5.93. The van der Waals surface area contributed by atoms with Crippen molar-refractivity contribution in [1.82, 2.24) is 9.38 Å². The summed E-state index contributed by atoms with van der Waals surface area (Å²) in [6.07, 6.45) is 3.00. The first-order chi connectivity index (χ1) is 11.1. The number of carbonyl (C=O) groups excluding carboxylic acids is 1. The molecule has 0 aliphatic heterocycles. The maximum atomic E-state index is 12.8. The summed E-state index contributed by atoms with van der Waals surface area (Å²) in [5.74, 6) is -0.731. The van der Waals surface area contributed by atoms with Crippen LogP contribution in [-0.4, -0.2) is 21.8 Å². The largest absolute Gasteiger partial charge is 0.370 e. The van der Waals surface area contributed by atoms with Crippen LogP contribution in [0.1, 0.15) is 0 Å². The van der Waals surface area contributed by atoms with Crippen molar-refractivity contribution in [2.45, 2.75) is 0 Å². The first-order valence-corrected chi connectivity index (χ1v) is 6.89. The number of carbonyl (C=O) groups is 1. The number of benzene rings is 1. The van der Waals surface area contributed by atoms with Crippen molar-refractivity contribution in [3.8, 4) is 0 Å². The lowest BCUT2D eigenvalue weighted by molar-refractivity contribution is -0.114. The molecule has 6 nitrogen and oxygen atoms in total. The molecule has 1 amide bonds. The summed E-state index contributed by atoms with van der Waals surface area (Å²) < 4.78 is 14.2. The highest BCUT2D eigenvalue weighted by atomic mass is 19.1. The monoisotopic (exact) mass is 312 g/mol. The molecule has 0 saturated heterocycles. The second-order valence-electron chi connectivity index (χ2n) is 4.81. The van der Waals surface area contributed by atoms with Crippen molar-refractivity contribution in [1.29, 1.82) is 0 Å². The molecule has 7 heteroatoms. The second kappa shape index (κ2) is 6.27. The zero-order valence-corrected chi connectivity index (χ0v) is 12.0. The number of pyridine rings is 1. The molecule has 0 fully saturated rings. The van der Waals surface area contributed by atoms with Gasteiger partial charge < -0.3 is 10.6 Å². The van der Waals surface area contributed by atoms with Crippen LogP contribution in [0, 0.1) is 5.82 Å². The molecule has 0 spiro atoms. The number of aromatic nitrogens is 2. The number of hydrogen-bond donors (Lipinski definition) is 2. The third kappa shape index (κ3) is 3.34. The van der Waals surface area contributed by atoms with Crippen LogP contribution >= 0.6 is 0 Å².